The average Bonchev–Trinajstić information content (AvgIpc) is 3.43. The summed E-state index contributed by atoms with van der Waals surface area (Å²) in [4.78, 5) is 32.1. The molecule has 0 radical (unpaired) electrons. The Morgan fingerprint density at radius 3 is 1.31 bits per heavy atom. The summed E-state index contributed by atoms with van der Waals surface area (Å²) < 4.78 is 116. The minimum atomic E-state index is -1.80. The molecular formula is C49H53Cl4F8N5O6S5. The number of pyridine rings is 1. The predicted molar refractivity (Wildman–Crippen MR) is 304 cm³/mol. The summed E-state index contributed by atoms with van der Waals surface area (Å²) in [5.41, 5.74) is 1.76. The van der Waals surface area contributed by atoms with E-state index in [-0.39, 0.29) is 32.3 Å². The van der Waals surface area contributed by atoms with Gasteiger partial charge in [-0.2, -0.15) is 30.2 Å². The Morgan fingerprint density at radius 2 is 0.935 bits per heavy atom. The van der Waals surface area contributed by atoms with Gasteiger partial charge in [-0.25, -0.2) is 32.1 Å². The number of anilines is 4. The summed E-state index contributed by atoms with van der Waals surface area (Å²) in [7, 11) is 5.89. The third-order valence-electron chi connectivity index (χ3n) is 9.94. The standard InChI is InChI=1S/C22H24Cl2F4N2O3S2.C18H21Cl2N3O2S2.C9H8F4OS/c23-7-9-30(10-8-24)15-5-3-14(4-6-15)29-22(32)33-11-13-35-34-12-1-2-16-17(25)19(27)21(31)20(28)18(16)26;19-8-11-23(12-9-20)16-6-4-15(5-7-16)22-18(24)25-13-14-26-27-17-3-1-2-10-21-17;10-5-4(2-1-3-15)6(11)8(13)9(14)7(5)12/h3-6,31H,1-2,7-13H2,(H,29,32);1-7,10H,8-9,11-14H2,(H,22,24);14-15H,1-3H2. The summed E-state index contributed by atoms with van der Waals surface area (Å²) in [6.07, 6.45) is 0.804. The number of aromatic nitrogens is 1. The van der Waals surface area contributed by atoms with E-state index in [2.05, 4.69) is 33.1 Å². The summed E-state index contributed by atoms with van der Waals surface area (Å²) in [5.74, 6) is -12.8. The number of rotatable bonds is 28. The molecule has 5 rings (SSSR count). The quantitative estimate of drug-likeness (QED) is 0.00812. The Hall–Kier alpha value is -3.88. The summed E-state index contributed by atoms with van der Waals surface area (Å²) >= 11 is 27.1. The molecule has 5 aromatic rings. The first kappa shape index (κ1) is 67.4. The normalized spacial score (nSPS) is 10.7. The second-order valence-corrected chi connectivity index (χ2v) is 22.3. The van der Waals surface area contributed by atoms with Crippen LogP contribution >= 0.6 is 102 Å². The molecule has 28 heteroatoms. The van der Waals surface area contributed by atoms with E-state index < -0.39 is 81.4 Å². The topological polar surface area (TPSA) is 136 Å². The van der Waals surface area contributed by atoms with Gasteiger partial charge in [-0.3, -0.25) is 10.6 Å². The largest absolute Gasteiger partial charge is 0.503 e. The lowest BCUT2D eigenvalue weighted by atomic mass is 10.1. The zero-order chi connectivity index (χ0) is 56.7. The summed E-state index contributed by atoms with van der Waals surface area (Å²) in [6, 6.07) is 20.5. The van der Waals surface area contributed by atoms with Crippen molar-refractivity contribution in [3.05, 3.63) is 131 Å². The Bertz CT molecular complexity index is 2500. The molecule has 0 aliphatic rings. The molecule has 1 heterocycles. The van der Waals surface area contributed by atoms with Gasteiger partial charge in [0.25, 0.3) is 0 Å². The van der Waals surface area contributed by atoms with Gasteiger partial charge in [0.15, 0.2) is 34.8 Å². The fourth-order valence-corrected chi connectivity index (χ4v) is 10.8. The molecule has 11 nitrogen and oxygen atoms in total. The fourth-order valence-electron chi connectivity index (χ4n) is 6.25. The van der Waals surface area contributed by atoms with Gasteiger partial charge in [0, 0.05) is 107 Å². The number of alkyl halides is 4. The minimum absolute atomic E-state index is 0.137. The van der Waals surface area contributed by atoms with Crippen molar-refractivity contribution in [1.29, 1.82) is 0 Å². The van der Waals surface area contributed by atoms with Gasteiger partial charge in [0.2, 0.25) is 23.3 Å². The van der Waals surface area contributed by atoms with Crippen LogP contribution < -0.4 is 20.4 Å². The van der Waals surface area contributed by atoms with Gasteiger partial charge in [-0.05, 0) is 103 Å². The Labute approximate surface area is 482 Å². The second kappa shape index (κ2) is 37.9. The number of aromatic hydroxyl groups is 2. The maximum Gasteiger partial charge on any atom is 0.411 e. The van der Waals surface area contributed by atoms with E-state index >= 15 is 0 Å². The summed E-state index contributed by atoms with van der Waals surface area (Å²) in [5, 5.41) is 23.9. The minimum Gasteiger partial charge on any atom is -0.503 e. The number of carbonyl (C=O) groups is 2. The Balaban J connectivity index is 0.000000328. The van der Waals surface area contributed by atoms with Crippen LogP contribution in [0.4, 0.5) is 67.5 Å². The molecule has 1 aromatic heterocycles. The third kappa shape index (κ3) is 23.4. The number of phenols is 2. The van der Waals surface area contributed by atoms with E-state index in [0.717, 1.165) is 29.5 Å². The van der Waals surface area contributed by atoms with Crippen LogP contribution in [0.15, 0.2) is 78.0 Å². The van der Waals surface area contributed by atoms with E-state index in [1.165, 1.54) is 21.6 Å². The fraction of sp³-hybridized carbons (Fsp3) is 0.367. The SMILES string of the molecule is O=C(Nc1ccc(N(CCCl)CCCl)cc1)OCCSSCCCc1c(F)c(F)c(O)c(F)c1F.O=C(Nc1ccc(N(CCCl)CCCl)cc1)OCCSSc1ccccn1.Oc1c(F)c(F)c(CCCS)c(F)c1F. The van der Waals surface area contributed by atoms with Crippen LogP contribution in [0.5, 0.6) is 11.5 Å². The number of nitrogens with one attached hydrogen (secondary N) is 2. The van der Waals surface area contributed by atoms with E-state index in [4.69, 9.17) is 66.1 Å². The molecule has 424 valence electrons. The van der Waals surface area contributed by atoms with Crippen LogP contribution in [0.2, 0.25) is 0 Å². The Morgan fingerprint density at radius 1 is 0.545 bits per heavy atom. The molecular weight excluding hydrogens is 1210 g/mol. The molecule has 0 bridgehead atoms. The van der Waals surface area contributed by atoms with E-state index in [1.54, 1.807) is 39.9 Å². The first-order valence-electron chi connectivity index (χ1n) is 23.0. The molecule has 4 aromatic carbocycles. The van der Waals surface area contributed by atoms with Crippen LogP contribution in [0.3, 0.4) is 0 Å². The molecule has 4 N–H and O–H groups in total. The van der Waals surface area contributed by atoms with E-state index in [0.29, 0.717) is 77.6 Å². The van der Waals surface area contributed by atoms with E-state index in [1.807, 2.05) is 59.5 Å². The number of amides is 2. The molecule has 2 amide bonds. The predicted octanol–water partition coefficient (Wildman–Crippen LogP) is 15.0. The van der Waals surface area contributed by atoms with Crippen LogP contribution in [0.1, 0.15) is 24.0 Å². The number of halogens is 12. The zero-order valence-corrected chi connectivity index (χ0v) is 47.8. The number of hydrogen-bond donors (Lipinski definition) is 5. The van der Waals surface area contributed by atoms with Gasteiger partial charge in [0.1, 0.15) is 18.2 Å². The smallest absolute Gasteiger partial charge is 0.411 e. The van der Waals surface area contributed by atoms with Crippen molar-refractivity contribution >= 4 is 137 Å². The molecule has 0 unspecified atom stereocenters. The van der Waals surface area contributed by atoms with Crippen LogP contribution in [0, 0.1) is 46.5 Å². The highest BCUT2D eigenvalue weighted by Gasteiger charge is 2.26. The van der Waals surface area contributed by atoms with Gasteiger partial charge < -0.3 is 29.5 Å². The third-order valence-corrected chi connectivity index (χ3v) is 15.6. The van der Waals surface area contributed by atoms with Gasteiger partial charge >= 0.3 is 12.2 Å². The lowest BCUT2D eigenvalue weighted by molar-refractivity contribution is 0.168. The number of benzene rings is 4. The second-order valence-electron chi connectivity index (χ2n) is 15.2. The first-order chi connectivity index (χ1) is 37.0. The number of hydrogen-bond acceptors (Lipinski definition) is 14. The number of carbonyl (C=O) groups excluding carboxylic acids is 2. The highest BCUT2D eigenvalue weighted by Crippen LogP contribution is 2.32. The van der Waals surface area contributed by atoms with Crippen LogP contribution in [-0.4, -0.2) is 113 Å². The Kier molecular flexibility index (Phi) is 33.2. The lowest BCUT2D eigenvalue weighted by Crippen LogP contribution is -2.27. The highest BCUT2D eigenvalue weighted by atomic mass is 35.5. The molecule has 77 heavy (non-hydrogen) atoms. The van der Waals surface area contributed by atoms with Crippen molar-refractivity contribution in [3.8, 4) is 11.5 Å². The van der Waals surface area contributed by atoms with Gasteiger partial charge in [-0.1, -0.05) is 38.4 Å². The molecule has 0 aliphatic carbocycles. The maximum atomic E-state index is 13.7. The van der Waals surface area contributed by atoms with Crippen molar-refractivity contribution < 1.29 is 64.4 Å². The lowest BCUT2D eigenvalue weighted by Gasteiger charge is -2.23. The molecule has 0 saturated heterocycles. The number of ether oxygens (including phenoxy) is 2. The monoisotopic (exact) mass is 1260 g/mol. The van der Waals surface area contributed by atoms with Crippen molar-refractivity contribution in [3.63, 3.8) is 0 Å². The van der Waals surface area contributed by atoms with Crippen LogP contribution in [0.25, 0.3) is 0 Å². The molecule has 0 aliphatic heterocycles. The van der Waals surface area contributed by atoms with Crippen molar-refractivity contribution in [2.24, 2.45) is 0 Å². The zero-order valence-electron chi connectivity index (χ0n) is 40.6. The van der Waals surface area contributed by atoms with Gasteiger partial charge in [0.05, 0.1) is 0 Å². The molecule has 0 spiro atoms. The van der Waals surface area contributed by atoms with Crippen LogP contribution in [-0.2, 0) is 22.3 Å². The summed E-state index contributed by atoms with van der Waals surface area (Å²) in [6.45, 7) is 3.21. The molecule has 0 atom stereocenters. The molecule has 0 saturated carbocycles. The van der Waals surface area contributed by atoms with Crippen molar-refractivity contribution in [1.82, 2.24) is 4.98 Å². The molecule has 0 fully saturated rings. The van der Waals surface area contributed by atoms with Gasteiger partial charge in [-0.15, -0.1) is 46.4 Å². The van der Waals surface area contributed by atoms with Crippen molar-refractivity contribution in [2.45, 2.75) is 30.7 Å². The first-order valence-corrected chi connectivity index (χ1v) is 30.6. The number of nitrogens with zero attached hydrogens (tertiary/aromatic N) is 3. The average molecular weight is 1260 g/mol. The maximum absolute atomic E-state index is 13.7. The number of phenolic OH excluding ortho intramolecular Hbond substituents is 2. The highest BCUT2D eigenvalue weighted by molar-refractivity contribution is 8.77. The van der Waals surface area contributed by atoms with Crippen molar-refractivity contribution in [2.75, 3.05) is 106 Å². The van der Waals surface area contributed by atoms with E-state index in [9.17, 15) is 44.7 Å². The number of thiol groups is 1.